The molecule has 1 atom stereocenters. The summed E-state index contributed by atoms with van der Waals surface area (Å²) in [6.07, 6.45) is 3.25. The van der Waals surface area contributed by atoms with Gasteiger partial charge >= 0.3 is 0 Å². The first-order valence-electron chi connectivity index (χ1n) is 7.60. The van der Waals surface area contributed by atoms with Crippen LogP contribution >= 0.6 is 0 Å². The second kappa shape index (κ2) is 6.35. The predicted molar refractivity (Wildman–Crippen MR) is 85.7 cm³/mol. The Morgan fingerprint density at radius 2 is 2.25 bits per heavy atom. The molecular weight excluding hydrogens is 333 g/mol. The zero-order valence-corrected chi connectivity index (χ0v) is 14.0. The van der Waals surface area contributed by atoms with E-state index in [1.54, 1.807) is 17.0 Å². The molecule has 0 radical (unpaired) electrons. The summed E-state index contributed by atoms with van der Waals surface area (Å²) in [6, 6.07) is 5.98. The number of nitrogens with zero attached hydrogens (tertiary/aromatic N) is 2. The molecule has 3 rings (SSSR count). The lowest BCUT2D eigenvalue weighted by Crippen LogP contribution is -2.30. The summed E-state index contributed by atoms with van der Waals surface area (Å²) in [4.78, 5) is 14.3. The number of likely N-dealkylation sites (tertiary alicyclic amines) is 1. The Morgan fingerprint density at radius 3 is 2.96 bits per heavy atom. The Balaban J connectivity index is 1.69. The number of aromatic nitrogens is 2. The Labute approximate surface area is 139 Å². The Morgan fingerprint density at radius 1 is 1.46 bits per heavy atom. The number of rotatable bonds is 4. The lowest BCUT2D eigenvalue weighted by molar-refractivity contribution is -0.129. The summed E-state index contributed by atoms with van der Waals surface area (Å²) >= 11 is 0. The number of carbonyl (C=O) groups is 1. The van der Waals surface area contributed by atoms with E-state index in [9.17, 15) is 17.6 Å². The number of sulfone groups is 1. The van der Waals surface area contributed by atoms with Crippen LogP contribution in [0.25, 0.3) is 0 Å². The number of carbonyl (C=O) groups excluding carboxylic acids is 1. The molecule has 1 aromatic heterocycles. The highest BCUT2D eigenvalue weighted by Gasteiger charge is 2.31. The average molecular weight is 351 g/mol. The van der Waals surface area contributed by atoms with Gasteiger partial charge < -0.3 is 4.90 Å². The number of hydrogen-bond acceptors (Lipinski definition) is 4. The number of halogens is 1. The second-order valence-electron chi connectivity index (χ2n) is 6.05. The third-order valence-corrected chi connectivity index (χ3v) is 5.35. The van der Waals surface area contributed by atoms with Gasteiger partial charge in [0.2, 0.25) is 5.91 Å². The maximum Gasteiger partial charge on any atom is 0.227 e. The van der Waals surface area contributed by atoms with Crippen molar-refractivity contribution in [3.63, 3.8) is 0 Å². The molecule has 8 heteroatoms. The highest BCUT2D eigenvalue weighted by atomic mass is 32.2. The van der Waals surface area contributed by atoms with Gasteiger partial charge in [-0.05, 0) is 24.1 Å². The van der Waals surface area contributed by atoms with Crippen molar-refractivity contribution < 1.29 is 17.6 Å². The van der Waals surface area contributed by atoms with Gasteiger partial charge in [0.1, 0.15) is 10.7 Å². The molecule has 1 amide bonds. The maximum absolute atomic E-state index is 13.2. The van der Waals surface area contributed by atoms with Crippen molar-refractivity contribution in [2.45, 2.75) is 23.7 Å². The van der Waals surface area contributed by atoms with Crippen molar-refractivity contribution >= 4 is 15.7 Å². The molecule has 0 bridgehead atoms. The molecule has 1 N–H and O–H groups in total. The molecule has 0 unspecified atom stereocenters. The lowest BCUT2D eigenvalue weighted by Gasteiger charge is -2.16. The predicted octanol–water partition coefficient (Wildman–Crippen LogP) is 1.51. The highest BCUT2D eigenvalue weighted by molar-refractivity contribution is 7.90. The number of amides is 1. The van der Waals surface area contributed by atoms with Crippen molar-refractivity contribution in [1.29, 1.82) is 0 Å². The van der Waals surface area contributed by atoms with Gasteiger partial charge in [0.15, 0.2) is 9.84 Å². The van der Waals surface area contributed by atoms with Crippen LogP contribution in [0.15, 0.2) is 35.4 Å². The summed E-state index contributed by atoms with van der Waals surface area (Å²) in [5.41, 5.74) is 1.18. The highest BCUT2D eigenvalue weighted by Crippen LogP contribution is 2.30. The maximum atomic E-state index is 13.2. The van der Waals surface area contributed by atoms with E-state index in [2.05, 4.69) is 10.2 Å². The monoisotopic (exact) mass is 351 g/mol. The molecule has 24 heavy (non-hydrogen) atoms. The normalized spacial score (nSPS) is 18.1. The third-order valence-electron chi connectivity index (χ3n) is 4.23. The summed E-state index contributed by atoms with van der Waals surface area (Å²) in [6.45, 7) is 0.972. The molecule has 0 saturated carbocycles. The molecule has 6 nitrogen and oxygen atoms in total. The van der Waals surface area contributed by atoms with Gasteiger partial charge in [0.25, 0.3) is 0 Å². The topological polar surface area (TPSA) is 83.1 Å². The Kier molecular flexibility index (Phi) is 4.40. The zero-order chi connectivity index (χ0) is 17.3. The van der Waals surface area contributed by atoms with Crippen LogP contribution in [0.1, 0.15) is 23.6 Å². The van der Waals surface area contributed by atoms with Gasteiger partial charge in [-0.15, -0.1) is 0 Å². The first kappa shape index (κ1) is 16.6. The molecule has 2 aromatic rings. The number of aromatic amines is 1. The van der Waals surface area contributed by atoms with Gasteiger partial charge in [0.05, 0.1) is 18.3 Å². The van der Waals surface area contributed by atoms with Crippen LogP contribution in [0.4, 0.5) is 4.39 Å². The van der Waals surface area contributed by atoms with Crippen LogP contribution in [0.3, 0.4) is 0 Å². The Bertz CT molecular complexity index is 863. The summed E-state index contributed by atoms with van der Waals surface area (Å²) in [5.74, 6) is -0.549. The second-order valence-corrected chi connectivity index (χ2v) is 8.04. The molecule has 1 fully saturated rings. The molecule has 1 aromatic carbocycles. The van der Waals surface area contributed by atoms with Crippen LogP contribution in [-0.4, -0.2) is 48.8 Å². The smallest absolute Gasteiger partial charge is 0.227 e. The minimum Gasteiger partial charge on any atom is -0.342 e. The molecule has 2 heterocycles. The molecule has 1 aliphatic heterocycles. The first-order valence-corrected chi connectivity index (χ1v) is 9.49. The standard InChI is InChI=1S/C16H18FN3O3S/c1-24(22,23)14-9-18-19-16(14)12-5-6-20(10-12)15(21)8-11-3-2-4-13(17)7-11/h2-4,7,9,12H,5-6,8,10H2,1H3,(H,18,19)/t12-/m0/s1. The van der Waals surface area contributed by atoms with E-state index in [1.807, 2.05) is 0 Å². The number of benzene rings is 1. The van der Waals surface area contributed by atoms with Gasteiger partial charge in [-0.25, -0.2) is 12.8 Å². The van der Waals surface area contributed by atoms with Crippen LogP contribution in [0.5, 0.6) is 0 Å². The summed E-state index contributed by atoms with van der Waals surface area (Å²) in [7, 11) is -3.36. The van der Waals surface area contributed by atoms with Gasteiger partial charge in [-0.3, -0.25) is 9.89 Å². The van der Waals surface area contributed by atoms with Crippen LogP contribution in [0, 0.1) is 5.82 Å². The molecule has 1 saturated heterocycles. The fraction of sp³-hybridized carbons (Fsp3) is 0.375. The van der Waals surface area contributed by atoms with Crippen molar-refractivity contribution in [2.75, 3.05) is 19.3 Å². The Hall–Kier alpha value is -2.22. The third kappa shape index (κ3) is 3.48. The molecule has 1 aliphatic rings. The molecule has 128 valence electrons. The number of nitrogens with one attached hydrogen (secondary N) is 1. The fourth-order valence-corrected chi connectivity index (χ4v) is 3.88. The largest absolute Gasteiger partial charge is 0.342 e. The van der Waals surface area contributed by atoms with Crippen LogP contribution in [0.2, 0.25) is 0 Å². The van der Waals surface area contributed by atoms with E-state index in [0.717, 1.165) is 6.26 Å². The molecular formula is C16H18FN3O3S. The van der Waals surface area contributed by atoms with E-state index >= 15 is 0 Å². The fourth-order valence-electron chi connectivity index (χ4n) is 3.03. The van der Waals surface area contributed by atoms with Gasteiger partial charge in [-0.2, -0.15) is 5.10 Å². The van der Waals surface area contributed by atoms with Crippen molar-refractivity contribution in [3.8, 4) is 0 Å². The summed E-state index contributed by atoms with van der Waals surface area (Å²) in [5, 5.41) is 6.59. The van der Waals surface area contributed by atoms with E-state index in [0.29, 0.717) is 30.8 Å². The van der Waals surface area contributed by atoms with Gasteiger partial charge in [-0.1, -0.05) is 12.1 Å². The quantitative estimate of drug-likeness (QED) is 0.905. The van der Waals surface area contributed by atoms with Crippen molar-refractivity contribution in [3.05, 3.63) is 47.5 Å². The van der Waals surface area contributed by atoms with Crippen molar-refractivity contribution in [1.82, 2.24) is 15.1 Å². The van der Waals surface area contributed by atoms with Crippen LogP contribution < -0.4 is 0 Å². The summed E-state index contributed by atoms with van der Waals surface area (Å²) < 4.78 is 36.8. The van der Waals surface area contributed by atoms with Crippen molar-refractivity contribution in [2.24, 2.45) is 0 Å². The van der Waals surface area contributed by atoms with Crippen LogP contribution in [-0.2, 0) is 21.1 Å². The average Bonchev–Trinajstić information content (AvgIpc) is 3.15. The number of H-pyrrole nitrogens is 1. The first-order chi connectivity index (χ1) is 11.3. The molecule has 0 aliphatic carbocycles. The number of hydrogen-bond donors (Lipinski definition) is 1. The zero-order valence-electron chi connectivity index (χ0n) is 13.2. The van der Waals surface area contributed by atoms with E-state index in [4.69, 9.17) is 0 Å². The lowest BCUT2D eigenvalue weighted by atomic mass is 10.1. The SMILES string of the molecule is CS(=O)(=O)c1cn[nH]c1[C@H]1CCN(C(=O)Cc2cccc(F)c2)C1. The molecule has 0 spiro atoms. The van der Waals surface area contributed by atoms with E-state index < -0.39 is 9.84 Å². The minimum absolute atomic E-state index is 0.0892. The minimum atomic E-state index is -3.36. The van der Waals surface area contributed by atoms with E-state index in [-0.39, 0.29) is 29.0 Å². The van der Waals surface area contributed by atoms with E-state index in [1.165, 1.54) is 18.3 Å². The van der Waals surface area contributed by atoms with Gasteiger partial charge in [0, 0.05) is 25.3 Å².